The van der Waals surface area contributed by atoms with Crippen LogP contribution in [0.4, 0.5) is 0 Å². The molecule has 0 saturated heterocycles. The highest BCUT2D eigenvalue weighted by atomic mass is 32.1. The highest BCUT2D eigenvalue weighted by Crippen LogP contribution is 2.35. The molecule has 4 aromatic carbocycles. The predicted octanol–water partition coefficient (Wildman–Crippen LogP) is 5.76. The van der Waals surface area contributed by atoms with Crippen LogP contribution in [0.15, 0.2) is 66.2 Å². The van der Waals surface area contributed by atoms with Gasteiger partial charge in [-0.1, -0.05) is 54.6 Å². The van der Waals surface area contributed by atoms with Gasteiger partial charge in [-0.05, 0) is 33.0 Å². The fourth-order valence-corrected chi connectivity index (χ4v) is 4.04. The summed E-state index contributed by atoms with van der Waals surface area (Å²) in [6.45, 7) is 0. The zero-order valence-electron chi connectivity index (χ0n) is 11.2. The molecular weight excluding hydrogens is 274 g/mol. The standard InChI is InChI=1S/C19H11NS/c1-2-4-13-12(3-1)5-6-15-14(13)7-8-17-16(15)9-10-18-19(17)21-11-20-18/h1-11H. The molecule has 1 heterocycles. The van der Waals surface area contributed by atoms with E-state index in [4.69, 9.17) is 0 Å². The van der Waals surface area contributed by atoms with Gasteiger partial charge < -0.3 is 0 Å². The van der Waals surface area contributed by atoms with Crippen LogP contribution in [0.5, 0.6) is 0 Å². The highest BCUT2D eigenvalue weighted by molar-refractivity contribution is 7.17. The first-order valence-electron chi connectivity index (χ1n) is 6.98. The maximum absolute atomic E-state index is 4.42. The smallest absolute Gasteiger partial charge is 0.0818 e. The molecule has 2 heteroatoms. The number of rotatable bonds is 0. The molecule has 1 aromatic heterocycles. The SMILES string of the molecule is c1ccc2c(c1)ccc1c2ccc2c1ccc1ncsc12. The lowest BCUT2D eigenvalue weighted by molar-refractivity contribution is 1.51. The van der Waals surface area contributed by atoms with Gasteiger partial charge >= 0.3 is 0 Å². The number of fused-ring (bicyclic) bond motifs is 7. The first-order valence-corrected chi connectivity index (χ1v) is 7.86. The normalized spacial score (nSPS) is 11.8. The van der Waals surface area contributed by atoms with Crippen molar-refractivity contribution < 1.29 is 0 Å². The van der Waals surface area contributed by atoms with Crippen LogP contribution >= 0.6 is 11.3 Å². The molecule has 0 atom stereocenters. The van der Waals surface area contributed by atoms with Crippen molar-refractivity contribution in [3.05, 3.63) is 66.2 Å². The van der Waals surface area contributed by atoms with Crippen LogP contribution in [-0.4, -0.2) is 4.98 Å². The van der Waals surface area contributed by atoms with Crippen molar-refractivity contribution in [2.45, 2.75) is 0 Å². The summed E-state index contributed by atoms with van der Waals surface area (Å²) in [6, 6.07) is 21.9. The Morgan fingerprint density at radius 3 is 2.33 bits per heavy atom. The summed E-state index contributed by atoms with van der Waals surface area (Å²) in [5.41, 5.74) is 3.02. The summed E-state index contributed by atoms with van der Waals surface area (Å²) in [6.07, 6.45) is 0. The molecule has 21 heavy (non-hydrogen) atoms. The second-order valence-corrected chi connectivity index (χ2v) is 6.16. The number of hydrogen-bond acceptors (Lipinski definition) is 2. The van der Waals surface area contributed by atoms with Crippen LogP contribution in [0.25, 0.3) is 42.5 Å². The summed E-state index contributed by atoms with van der Waals surface area (Å²) in [7, 11) is 0. The van der Waals surface area contributed by atoms with Gasteiger partial charge in [-0.3, -0.25) is 0 Å². The summed E-state index contributed by atoms with van der Waals surface area (Å²) in [5.74, 6) is 0. The third-order valence-corrected chi connectivity index (χ3v) is 5.09. The Morgan fingerprint density at radius 1 is 0.619 bits per heavy atom. The molecule has 0 aliphatic heterocycles. The first kappa shape index (κ1) is 11.2. The first-order chi connectivity index (χ1) is 10.4. The summed E-state index contributed by atoms with van der Waals surface area (Å²) >= 11 is 1.72. The fraction of sp³-hybridized carbons (Fsp3) is 0. The average molecular weight is 285 g/mol. The number of nitrogens with zero attached hydrogens (tertiary/aromatic N) is 1. The van der Waals surface area contributed by atoms with E-state index in [2.05, 4.69) is 65.6 Å². The third-order valence-electron chi connectivity index (χ3n) is 4.22. The van der Waals surface area contributed by atoms with Gasteiger partial charge in [-0.25, -0.2) is 4.98 Å². The molecule has 0 saturated carbocycles. The maximum Gasteiger partial charge on any atom is 0.0818 e. The lowest BCUT2D eigenvalue weighted by atomic mass is 9.97. The largest absolute Gasteiger partial charge is 0.245 e. The molecule has 0 unspecified atom stereocenters. The number of benzene rings is 4. The Morgan fingerprint density at radius 2 is 1.33 bits per heavy atom. The fourth-order valence-electron chi connectivity index (χ4n) is 3.23. The molecule has 0 fully saturated rings. The van der Waals surface area contributed by atoms with E-state index < -0.39 is 0 Å². The van der Waals surface area contributed by atoms with Gasteiger partial charge in [-0.2, -0.15) is 0 Å². The van der Waals surface area contributed by atoms with Crippen molar-refractivity contribution in [1.82, 2.24) is 4.98 Å². The molecule has 0 amide bonds. The topological polar surface area (TPSA) is 12.9 Å². The monoisotopic (exact) mass is 285 g/mol. The van der Waals surface area contributed by atoms with Gasteiger partial charge in [0.05, 0.1) is 15.7 Å². The van der Waals surface area contributed by atoms with E-state index in [1.807, 2.05) is 5.51 Å². The summed E-state index contributed by atoms with van der Waals surface area (Å²) in [5, 5.41) is 7.88. The molecule has 98 valence electrons. The van der Waals surface area contributed by atoms with E-state index in [0.717, 1.165) is 5.52 Å². The second-order valence-electron chi connectivity index (χ2n) is 5.31. The Hall–Kier alpha value is -2.45. The van der Waals surface area contributed by atoms with E-state index in [1.54, 1.807) is 11.3 Å². The second kappa shape index (κ2) is 4.03. The highest BCUT2D eigenvalue weighted by Gasteiger charge is 2.07. The molecular formula is C19H11NS. The van der Waals surface area contributed by atoms with Crippen LogP contribution in [0.3, 0.4) is 0 Å². The maximum atomic E-state index is 4.42. The van der Waals surface area contributed by atoms with E-state index in [9.17, 15) is 0 Å². The molecule has 0 spiro atoms. The van der Waals surface area contributed by atoms with Crippen LogP contribution in [0.1, 0.15) is 0 Å². The van der Waals surface area contributed by atoms with E-state index >= 15 is 0 Å². The molecule has 0 N–H and O–H groups in total. The van der Waals surface area contributed by atoms with E-state index in [-0.39, 0.29) is 0 Å². The quantitative estimate of drug-likeness (QED) is 0.330. The van der Waals surface area contributed by atoms with Crippen molar-refractivity contribution >= 4 is 53.9 Å². The minimum absolute atomic E-state index is 1.09. The van der Waals surface area contributed by atoms with Crippen molar-refractivity contribution in [3.63, 3.8) is 0 Å². The van der Waals surface area contributed by atoms with Crippen molar-refractivity contribution in [3.8, 4) is 0 Å². The molecule has 5 aromatic rings. The van der Waals surface area contributed by atoms with Gasteiger partial charge in [0, 0.05) is 5.39 Å². The van der Waals surface area contributed by atoms with Gasteiger partial charge in [0.2, 0.25) is 0 Å². The lowest BCUT2D eigenvalue weighted by Gasteiger charge is -2.08. The Balaban J connectivity index is 2.07. The van der Waals surface area contributed by atoms with E-state index in [1.165, 1.54) is 37.0 Å². The van der Waals surface area contributed by atoms with Gasteiger partial charge in [0.15, 0.2) is 0 Å². The van der Waals surface area contributed by atoms with E-state index in [0.29, 0.717) is 0 Å². The molecule has 0 bridgehead atoms. The van der Waals surface area contributed by atoms with Gasteiger partial charge in [-0.15, -0.1) is 11.3 Å². The Kier molecular flexibility index (Phi) is 2.15. The van der Waals surface area contributed by atoms with Crippen LogP contribution < -0.4 is 0 Å². The molecule has 1 nitrogen and oxygen atoms in total. The van der Waals surface area contributed by atoms with Gasteiger partial charge in [0.25, 0.3) is 0 Å². The molecule has 0 radical (unpaired) electrons. The predicted molar refractivity (Wildman–Crippen MR) is 92.1 cm³/mol. The minimum atomic E-state index is 1.09. The summed E-state index contributed by atoms with van der Waals surface area (Å²) in [4.78, 5) is 4.42. The Labute approximate surface area is 125 Å². The number of hydrogen-bond donors (Lipinski definition) is 0. The minimum Gasteiger partial charge on any atom is -0.245 e. The van der Waals surface area contributed by atoms with Crippen LogP contribution in [-0.2, 0) is 0 Å². The zero-order chi connectivity index (χ0) is 13.8. The molecule has 0 aliphatic carbocycles. The molecule has 0 aliphatic rings. The number of aromatic nitrogens is 1. The molecule has 5 rings (SSSR count). The van der Waals surface area contributed by atoms with Gasteiger partial charge in [0.1, 0.15) is 0 Å². The van der Waals surface area contributed by atoms with Crippen molar-refractivity contribution in [1.29, 1.82) is 0 Å². The van der Waals surface area contributed by atoms with Crippen LogP contribution in [0, 0.1) is 0 Å². The van der Waals surface area contributed by atoms with Crippen LogP contribution in [0.2, 0.25) is 0 Å². The third kappa shape index (κ3) is 1.48. The van der Waals surface area contributed by atoms with Crippen molar-refractivity contribution in [2.75, 3.05) is 0 Å². The summed E-state index contributed by atoms with van der Waals surface area (Å²) < 4.78 is 1.28. The lowest BCUT2D eigenvalue weighted by Crippen LogP contribution is -1.81. The Bertz CT molecular complexity index is 1140. The number of thiazole rings is 1. The van der Waals surface area contributed by atoms with Crippen molar-refractivity contribution in [2.24, 2.45) is 0 Å². The average Bonchev–Trinajstić information content (AvgIpc) is 3.03. The zero-order valence-corrected chi connectivity index (χ0v) is 12.0.